The predicted molar refractivity (Wildman–Crippen MR) is 107 cm³/mol. The highest BCUT2D eigenvalue weighted by molar-refractivity contribution is 6.10. The number of carbonyl (C=O) groups excluding carboxylic acids is 3. The van der Waals surface area contributed by atoms with Crippen LogP contribution in [0.15, 0.2) is 59.8 Å². The lowest BCUT2D eigenvalue weighted by molar-refractivity contribution is -0.136. The predicted octanol–water partition coefficient (Wildman–Crippen LogP) is 1.92. The molecule has 0 bridgehead atoms. The number of hydrogen-bond acceptors (Lipinski definition) is 6. The zero-order valence-electron chi connectivity index (χ0n) is 16.4. The third kappa shape index (κ3) is 4.55. The first-order chi connectivity index (χ1) is 14.4. The molecular weight excluding hydrogens is 391 g/mol. The Labute approximate surface area is 172 Å². The maximum absolute atomic E-state index is 13.9. The van der Waals surface area contributed by atoms with Crippen molar-refractivity contribution in [3.8, 4) is 0 Å². The molecule has 0 unspecified atom stereocenters. The number of hydrogen-bond donors (Lipinski definition) is 2. The first-order valence-corrected chi connectivity index (χ1v) is 9.30. The molecule has 0 saturated heterocycles. The topological polar surface area (TPSA) is 95.9 Å². The van der Waals surface area contributed by atoms with E-state index in [4.69, 9.17) is 9.84 Å². The number of nitrogens with one attached hydrogen (secondary N) is 1. The zero-order valence-corrected chi connectivity index (χ0v) is 16.4. The van der Waals surface area contributed by atoms with Crippen LogP contribution in [-0.4, -0.2) is 54.5 Å². The molecule has 8 heteroatoms. The fraction of sp³-hybridized carbons (Fsp3) is 0.227. The Morgan fingerprint density at radius 1 is 1.20 bits per heavy atom. The van der Waals surface area contributed by atoms with E-state index in [0.717, 1.165) is 17.7 Å². The van der Waals surface area contributed by atoms with E-state index in [1.807, 2.05) is 6.07 Å². The summed E-state index contributed by atoms with van der Waals surface area (Å²) in [6, 6.07) is 12.6. The van der Waals surface area contributed by atoms with E-state index in [9.17, 15) is 18.8 Å². The second kappa shape index (κ2) is 9.32. The van der Waals surface area contributed by atoms with Crippen molar-refractivity contribution in [1.29, 1.82) is 0 Å². The number of anilines is 1. The number of benzene rings is 2. The molecule has 30 heavy (non-hydrogen) atoms. The first-order valence-electron chi connectivity index (χ1n) is 9.30. The van der Waals surface area contributed by atoms with Crippen LogP contribution in [0, 0.1) is 5.82 Å². The van der Waals surface area contributed by atoms with Crippen LogP contribution in [0.1, 0.15) is 15.9 Å². The van der Waals surface area contributed by atoms with Gasteiger partial charge in [0.05, 0.1) is 25.8 Å². The van der Waals surface area contributed by atoms with Crippen LogP contribution in [0.4, 0.5) is 10.1 Å². The summed E-state index contributed by atoms with van der Waals surface area (Å²) in [4.78, 5) is 39.0. The number of methoxy groups -OCH3 is 1. The lowest BCUT2D eigenvalue weighted by atomic mass is 10.0. The minimum atomic E-state index is -0.703. The van der Waals surface area contributed by atoms with Gasteiger partial charge in [0.25, 0.3) is 5.91 Å². The van der Waals surface area contributed by atoms with Gasteiger partial charge in [-0.15, -0.1) is 0 Å². The summed E-state index contributed by atoms with van der Waals surface area (Å²) in [5.41, 5.74) is 1.03. The molecule has 0 saturated carbocycles. The van der Waals surface area contributed by atoms with E-state index in [1.165, 1.54) is 18.1 Å². The van der Waals surface area contributed by atoms with Crippen LogP contribution in [0.25, 0.3) is 0 Å². The third-order valence-electron chi connectivity index (χ3n) is 4.70. The van der Waals surface area contributed by atoms with E-state index in [-0.39, 0.29) is 54.4 Å². The Morgan fingerprint density at radius 2 is 1.93 bits per heavy atom. The smallest absolute Gasteiger partial charge is 0.337 e. The Balaban J connectivity index is 1.94. The van der Waals surface area contributed by atoms with E-state index >= 15 is 0 Å². The van der Waals surface area contributed by atoms with Gasteiger partial charge in [-0.2, -0.15) is 0 Å². The summed E-state index contributed by atoms with van der Waals surface area (Å²) in [7, 11) is 1.19. The number of carbonyl (C=O) groups is 3. The Hall–Kier alpha value is -3.52. The van der Waals surface area contributed by atoms with E-state index in [0.29, 0.717) is 0 Å². The molecule has 2 N–H and O–H groups in total. The van der Waals surface area contributed by atoms with Crippen molar-refractivity contribution in [3.05, 3.63) is 76.7 Å². The molecule has 1 aliphatic heterocycles. The van der Waals surface area contributed by atoms with Gasteiger partial charge in [-0.1, -0.05) is 30.3 Å². The van der Waals surface area contributed by atoms with Crippen molar-refractivity contribution in [2.75, 3.05) is 32.1 Å². The molecule has 0 fully saturated rings. The second-order valence-electron chi connectivity index (χ2n) is 6.70. The summed E-state index contributed by atoms with van der Waals surface area (Å²) in [5.74, 6) is -2.17. The maximum atomic E-state index is 13.9. The van der Waals surface area contributed by atoms with Crippen LogP contribution in [-0.2, 0) is 20.7 Å². The summed E-state index contributed by atoms with van der Waals surface area (Å²) < 4.78 is 18.6. The number of esters is 1. The molecule has 2 aromatic carbocycles. The van der Waals surface area contributed by atoms with Gasteiger partial charge in [0, 0.05) is 24.2 Å². The van der Waals surface area contributed by atoms with Crippen LogP contribution >= 0.6 is 0 Å². The van der Waals surface area contributed by atoms with Crippen molar-refractivity contribution in [1.82, 2.24) is 4.90 Å². The van der Waals surface area contributed by atoms with Crippen LogP contribution in [0.3, 0.4) is 0 Å². The van der Waals surface area contributed by atoms with Gasteiger partial charge < -0.3 is 20.1 Å². The standard InChI is InChI=1S/C22H21FN2O5/c1-30-22(29)17-13-25(9-10-26)21(28)20(17)24-18-8-7-15(23)12-16(18)19(27)11-14-5-3-2-4-6-14/h2-8,12,24,26H,9-11,13H2,1H3. The molecule has 156 valence electrons. The molecule has 0 spiro atoms. The van der Waals surface area contributed by atoms with Gasteiger partial charge in [0.1, 0.15) is 11.5 Å². The summed E-state index contributed by atoms with van der Waals surface area (Å²) >= 11 is 0. The maximum Gasteiger partial charge on any atom is 0.337 e. The van der Waals surface area contributed by atoms with Gasteiger partial charge in [-0.25, -0.2) is 9.18 Å². The fourth-order valence-corrected chi connectivity index (χ4v) is 3.22. The van der Waals surface area contributed by atoms with Crippen molar-refractivity contribution >= 4 is 23.3 Å². The molecule has 0 radical (unpaired) electrons. The Kier molecular flexibility index (Phi) is 6.58. The minimum Gasteiger partial charge on any atom is -0.466 e. The number of ketones is 1. The monoisotopic (exact) mass is 412 g/mol. The molecule has 1 aliphatic rings. The molecule has 2 aromatic rings. The number of aliphatic hydroxyl groups is 1. The van der Waals surface area contributed by atoms with Crippen molar-refractivity contribution in [2.45, 2.75) is 6.42 Å². The third-order valence-corrected chi connectivity index (χ3v) is 4.70. The molecule has 1 amide bonds. The van der Waals surface area contributed by atoms with E-state index in [1.54, 1.807) is 24.3 Å². The fourth-order valence-electron chi connectivity index (χ4n) is 3.22. The van der Waals surface area contributed by atoms with Crippen molar-refractivity contribution in [2.24, 2.45) is 0 Å². The highest BCUT2D eigenvalue weighted by atomic mass is 19.1. The highest BCUT2D eigenvalue weighted by Gasteiger charge is 2.35. The van der Waals surface area contributed by atoms with Gasteiger partial charge in [0.15, 0.2) is 5.78 Å². The average molecular weight is 412 g/mol. The van der Waals surface area contributed by atoms with Crippen LogP contribution < -0.4 is 5.32 Å². The molecule has 0 aromatic heterocycles. The van der Waals surface area contributed by atoms with Gasteiger partial charge in [-0.05, 0) is 23.8 Å². The van der Waals surface area contributed by atoms with E-state index < -0.39 is 17.7 Å². The number of nitrogens with zero attached hydrogens (tertiary/aromatic N) is 1. The van der Waals surface area contributed by atoms with Crippen molar-refractivity contribution < 1.29 is 28.6 Å². The van der Waals surface area contributed by atoms with Crippen LogP contribution in [0.2, 0.25) is 0 Å². The normalized spacial score (nSPS) is 13.6. The average Bonchev–Trinajstić information content (AvgIpc) is 3.05. The molecule has 3 rings (SSSR count). The quantitative estimate of drug-likeness (QED) is 0.508. The lowest BCUT2D eigenvalue weighted by Gasteiger charge is -2.16. The molecule has 0 aliphatic carbocycles. The highest BCUT2D eigenvalue weighted by Crippen LogP contribution is 2.26. The van der Waals surface area contributed by atoms with Crippen LogP contribution in [0.5, 0.6) is 0 Å². The Morgan fingerprint density at radius 3 is 2.60 bits per heavy atom. The minimum absolute atomic E-state index is 0.0354. The number of aliphatic hydroxyl groups excluding tert-OH is 1. The number of Topliss-reactive ketones (excluding diaryl/α,β-unsaturated/α-hetero) is 1. The number of rotatable bonds is 8. The molecular formula is C22H21FN2O5. The summed E-state index contributed by atoms with van der Waals surface area (Å²) in [6.45, 7) is -0.276. The summed E-state index contributed by atoms with van der Waals surface area (Å²) in [5, 5.41) is 12.0. The SMILES string of the molecule is COC(=O)C1=C(Nc2ccc(F)cc2C(=O)Cc2ccccc2)C(=O)N(CCO)C1. The van der Waals surface area contributed by atoms with Gasteiger partial charge in [0.2, 0.25) is 0 Å². The van der Waals surface area contributed by atoms with Crippen molar-refractivity contribution in [3.63, 3.8) is 0 Å². The number of halogens is 1. The van der Waals surface area contributed by atoms with E-state index in [2.05, 4.69) is 5.32 Å². The lowest BCUT2D eigenvalue weighted by Crippen LogP contribution is -2.31. The zero-order chi connectivity index (χ0) is 21.7. The summed E-state index contributed by atoms with van der Waals surface area (Å²) in [6.07, 6.45) is 0.0481. The van der Waals surface area contributed by atoms with Gasteiger partial charge >= 0.3 is 5.97 Å². The largest absolute Gasteiger partial charge is 0.466 e. The number of amides is 1. The molecule has 7 nitrogen and oxygen atoms in total. The second-order valence-corrected chi connectivity index (χ2v) is 6.70. The number of β-amino-alcohol motifs (C(OH)–C–C–N with tert-alkyl or cyclic N) is 1. The number of ether oxygens (including phenoxy) is 1. The Bertz CT molecular complexity index is 1000. The molecule has 0 atom stereocenters. The van der Waals surface area contributed by atoms with Gasteiger partial charge in [-0.3, -0.25) is 9.59 Å². The molecule has 1 heterocycles. The first kappa shape index (κ1) is 21.2.